The van der Waals surface area contributed by atoms with E-state index >= 15 is 0 Å². The molecular weight excluding hydrogens is 204 g/mol. The van der Waals surface area contributed by atoms with Crippen molar-refractivity contribution in [2.45, 2.75) is 17.1 Å². The molecule has 0 aliphatic rings. The van der Waals surface area contributed by atoms with Gasteiger partial charge in [-0.15, -0.1) is 0 Å². The molecular formula is C9H10O4S. The van der Waals surface area contributed by atoms with Crippen LogP contribution in [0.1, 0.15) is 6.92 Å². The lowest BCUT2D eigenvalue weighted by Crippen LogP contribution is -2.26. The van der Waals surface area contributed by atoms with Crippen LogP contribution in [-0.4, -0.2) is 26.0 Å². The van der Waals surface area contributed by atoms with Crippen LogP contribution in [-0.2, 0) is 16.0 Å². The minimum atomic E-state index is -1.58. The fraction of sp³-hybridized carbons (Fsp3) is 0.222. The summed E-state index contributed by atoms with van der Waals surface area (Å²) in [5, 5.41) is 16.7. The topological polar surface area (TPSA) is 80.6 Å². The zero-order valence-corrected chi connectivity index (χ0v) is 8.32. The second kappa shape index (κ2) is 4.34. The molecule has 2 N–H and O–H groups in total. The van der Waals surface area contributed by atoms with E-state index in [9.17, 15) is 9.35 Å². The van der Waals surface area contributed by atoms with E-state index in [2.05, 4.69) is 0 Å². The van der Waals surface area contributed by atoms with Gasteiger partial charge in [-0.25, -0.2) is 4.79 Å². The molecule has 1 aromatic carbocycles. The molecule has 0 aliphatic carbocycles. The number of phenols is 1. The highest BCUT2D eigenvalue weighted by atomic mass is 32.2. The largest absolute Gasteiger partial charge is 0.611 e. The minimum absolute atomic E-state index is 0.0636. The predicted molar refractivity (Wildman–Crippen MR) is 51.6 cm³/mol. The number of carboxylic acid groups (broad SMARTS) is 1. The summed E-state index contributed by atoms with van der Waals surface area (Å²) >= 11 is -1.58. The first-order valence-electron chi connectivity index (χ1n) is 3.95. The molecule has 1 aromatic rings. The number of hydrogen-bond acceptors (Lipinski definition) is 3. The quantitative estimate of drug-likeness (QED) is 0.735. The van der Waals surface area contributed by atoms with E-state index in [0.717, 1.165) is 0 Å². The van der Waals surface area contributed by atoms with Crippen molar-refractivity contribution in [3.05, 3.63) is 24.3 Å². The molecule has 0 amide bonds. The normalized spacial score (nSPS) is 14.7. The zero-order valence-electron chi connectivity index (χ0n) is 7.51. The third kappa shape index (κ3) is 2.40. The highest BCUT2D eigenvalue weighted by Crippen LogP contribution is 2.18. The van der Waals surface area contributed by atoms with Gasteiger partial charge in [0.25, 0.3) is 0 Å². The summed E-state index contributed by atoms with van der Waals surface area (Å²) in [5.41, 5.74) is 0. The molecule has 5 heteroatoms. The first-order valence-corrected chi connectivity index (χ1v) is 5.16. The van der Waals surface area contributed by atoms with E-state index in [4.69, 9.17) is 10.2 Å². The maximum atomic E-state index is 11.5. The van der Waals surface area contributed by atoms with Crippen LogP contribution >= 0.6 is 0 Å². The molecule has 0 aliphatic heterocycles. The van der Waals surface area contributed by atoms with Crippen LogP contribution in [0.25, 0.3) is 0 Å². The second-order valence-electron chi connectivity index (χ2n) is 2.77. The number of hydrogen-bond donors (Lipinski definition) is 2. The number of carbonyl (C=O) groups is 1. The summed E-state index contributed by atoms with van der Waals surface area (Å²) in [6, 6.07) is 5.65. The van der Waals surface area contributed by atoms with Gasteiger partial charge in [0.05, 0.1) is 0 Å². The average Bonchev–Trinajstić information content (AvgIpc) is 2.16. The van der Waals surface area contributed by atoms with Gasteiger partial charge < -0.3 is 14.8 Å². The lowest BCUT2D eigenvalue weighted by Gasteiger charge is -2.13. The van der Waals surface area contributed by atoms with Gasteiger partial charge in [0.15, 0.2) is 4.90 Å². The number of aliphatic carboxylic acids is 1. The molecule has 14 heavy (non-hydrogen) atoms. The van der Waals surface area contributed by atoms with Crippen LogP contribution in [0.5, 0.6) is 5.75 Å². The first kappa shape index (κ1) is 10.9. The van der Waals surface area contributed by atoms with Crippen molar-refractivity contribution in [2.75, 3.05) is 0 Å². The van der Waals surface area contributed by atoms with Crippen LogP contribution in [0, 0.1) is 0 Å². The maximum Gasteiger partial charge on any atom is 0.357 e. The summed E-state index contributed by atoms with van der Waals surface area (Å²) < 4.78 is 11.5. The Hall–Kier alpha value is -1.20. The first-order chi connectivity index (χ1) is 6.52. The second-order valence-corrected chi connectivity index (χ2v) is 4.55. The van der Waals surface area contributed by atoms with E-state index < -0.39 is 22.4 Å². The van der Waals surface area contributed by atoms with Gasteiger partial charge >= 0.3 is 5.97 Å². The number of benzene rings is 1. The fourth-order valence-corrected chi connectivity index (χ4v) is 1.87. The zero-order chi connectivity index (χ0) is 10.7. The number of rotatable bonds is 3. The smallest absolute Gasteiger partial charge is 0.357 e. The predicted octanol–water partition coefficient (Wildman–Crippen LogP) is 0.973. The third-order valence-corrected chi connectivity index (χ3v) is 3.32. The van der Waals surface area contributed by atoms with Crippen molar-refractivity contribution < 1.29 is 19.6 Å². The molecule has 0 fully saturated rings. The van der Waals surface area contributed by atoms with Gasteiger partial charge in [0.1, 0.15) is 5.75 Å². The van der Waals surface area contributed by atoms with Crippen molar-refractivity contribution in [1.82, 2.24) is 0 Å². The minimum Gasteiger partial charge on any atom is -0.611 e. The third-order valence-electron chi connectivity index (χ3n) is 1.74. The van der Waals surface area contributed by atoms with Gasteiger partial charge in [-0.1, -0.05) is 0 Å². The monoisotopic (exact) mass is 214 g/mol. The molecule has 0 spiro atoms. The van der Waals surface area contributed by atoms with E-state index in [-0.39, 0.29) is 5.75 Å². The van der Waals surface area contributed by atoms with E-state index in [0.29, 0.717) is 4.90 Å². The highest BCUT2D eigenvalue weighted by Gasteiger charge is 2.26. The van der Waals surface area contributed by atoms with Gasteiger partial charge in [0.2, 0.25) is 5.25 Å². The Morgan fingerprint density at radius 2 is 1.93 bits per heavy atom. The molecule has 4 nitrogen and oxygen atoms in total. The van der Waals surface area contributed by atoms with E-state index in [1.165, 1.54) is 31.2 Å². The van der Waals surface area contributed by atoms with Crippen molar-refractivity contribution in [1.29, 1.82) is 0 Å². The lowest BCUT2D eigenvalue weighted by molar-refractivity contribution is -0.136. The van der Waals surface area contributed by atoms with Crippen LogP contribution < -0.4 is 0 Å². The van der Waals surface area contributed by atoms with Crippen LogP contribution in [0.15, 0.2) is 29.2 Å². The SMILES string of the molecule is CC(C(=O)O)[S+]([O-])c1ccc(O)cc1. The van der Waals surface area contributed by atoms with Crippen molar-refractivity contribution in [3.63, 3.8) is 0 Å². The fourth-order valence-electron chi connectivity index (χ4n) is 0.876. The summed E-state index contributed by atoms with van der Waals surface area (Å²) in [4.78, 5) is 10.9. The molecule has 2 atom stereocenters. The summed E-state index contributed by atoms with van der Waals surface area (Å²) in [5.74, 6) is -1.04. The Labute approximate surface area is 84.4 Å². The number of aromatic hydroxyl groups is 1. The molecule has 0 bridgehead atoms. The molecule has 0 aromatic heterocycles. The standard InChI is InChI=1S/C9H10O4S/c1-6(9(11)12)14(13)8-4-2-7(10)3-5-8/h2-6,10H,1H3,(H,11,12). The van der Waals surface area contributed by atoms with Crippen LogP contribution in [0.3, 0.4) is 0 Å². The Kier molecular flexibility index (Phi) is 3.38. The Bertz CT molecular complexity index is 322. The van der Waals surface area contributed by atoms with Crippen LogP contribution in [0.4, 0.5) is 0 Å². The van der Waals surface area contributed by atoms with Gasteiger partial charge in [-0.2, -0.15) is 0 Å². The van der Waals surface area contributed by atoms with Gasteiger partial charge in [-0.05, 0) is 42.4 Å². The molecule has 0 heterocycles. The van der Waals surface area contributed by atoms with Crippen molar-refractivity contribution >= 4 is 17.1 Å². The molecule has 1 rings (SSSR count). The van der Waals surface area contributed by atoms with E-state index in [1.54, 1.807) is 0 Å². The molecule has 0 radical (unpaired) electrons. The average molecular weight is 214 g/mol. The molecule has 0 saturated heterocycles. The Morgan fingerprint density at radius 1 is 1.43 bits per heavy atom. The van der Waals surface area contributed by atoms with Crippen molar-refractivity contribution in [2.24, 2.45) is 0 Å². The highest BCUT2D eigenvalue weighted by molar-refractivity contribution is 7.92. The van der Waals surface area contributed by atoms with Crippen molar-refractivity contribution in [3.8, 4) is 5.75 Å². The molecule has 2 unspecified atom stereocenters. The summed E-state index contributed by atoms with van der Waals surface area (Å²) in [6.07, 6.45) is 0. The maximum absolute atomic E-state index is 11.5. The Morgan fingerprint density at radius 3 is 2.36 bits per heavy atom. The number of phenolic OH excluding ortho intramolecular Hbond substituents is 1. The van der Waals surface area contributed by atoms with Gasteiger partial charge in [-0.3, -0.25) is 0 Å². The lowest BCUT2D eigenvalue weighted by atomic mass is 10.3. The molecule has 0 saturated carbocycles. The van der Waals surface area contributed by atoms with E-state index in [1.807, 2.05) is 0 Å². The summed E-state index contributed by atoms with van der Waals surface area (Å²) in [6.45, 7) is 1.38. The van der Waals surface area contributed by atoms with Crippen LogP contribution in [0.2, 0.25) is 0 Å². The molecule has 76 valence electrons. The summed E-state index contributed by atoms with van der Waals surface area (Å²) in [7, 11) is 0. The van der Waals surface area contributed by atoms with Gasteiger partial charge in [0, 0.05) is 0 Å². The Balaban J connectivity index is 2.84. The number of carboxylic acids is 1.